The van der Waals surface area contributed by atoms with Gasteiger partial charge in [-0.2, -0.15) is 4.90 Å². The Morgan fingerprint density at radius 3 is 2.42 bits per heavy atom. The second kappa shape index (κ2) is 9.41. The summed E-state index contributed by atoms with van der Waals surface area (Å²) in [6, 6.07) is 7.43. The Balaban J connectivity index is 1.84. The number of amides is 2. The van der Waals surface area contributed by atoms with E-state index >= 15 is 0 Å². The third-order valence-corrected chi connectivity index (χ3v) is 6.89. The SMILES string of the molecule is COC(=O)c1sc(-c2ccc(C#Cc3cscn3)cc2)c2c1N(C(=O)OC(C)(C)C)C(=O)OC2(C)C. The van der Waals surface area contributed by atoms with Crippen LogP contribution in [0.15, 0.2) is 35.2 Å². The van der Waals surface area contributed by atoms with Crippen LogP contribution >= 0.6 is 22.7 Å². The van der Waals surface area contributed by atoms with Crippen molar-refractivity contribution in [3.05, 3.63) is 56.9 Å². The molecule has 3 heterocycles. The number of benzene rings is 1. The number of thiophene rings is 1. The van der Waals surface area contributed by atoms with Crippen LogP contribution in [-0.4, -0.2) is 35.9 Å². The molecule has 2 amide bonds. The van der Waals surface area contributed by atoms with Crippen molar-refractivity contribution in [3.63, 3.8) is 0 Å². The first-order chi connectivity index (χ1) is 16.9. The molecule has 1 aromatic carbocycles. The van der Waals surface area contributed by atoms with E-state index in [0.29, 0.717) is 16.1 Å². The zero-order valence-electron chi connectivity index (χ0n) is 20.6. The number of aromatic nitrogens is 1. The molecule has 0 spiro atoms. The molecule has 10 heteroatoms. The molecule has 0 saturated heterocycles. The van der Waals surface area contributed by atoms with E-state index in [4.69, 9.17) is 14.2 Å². The summed E-state index contributed by atoms with van der Waals surface area (Å²) in [6.07, 6.45) is -1.87. The van der Waals surface area contributed by atoms with Crippen LogP contribution in [0, 0.1) is 11.8 Å². The number of ether oxygens (including phenoxy) is 3. The number of hydrogen-bond donors (Lipinski definition) is 0. The number of nitrogens with zero attached hydrogens (tertiary/aromatic N) is 2. The van der Waals surface area contributed by atoms with Gasteiger partial charge in [0.15, 0.2) is 0 Å². The van der Waals surface area contributed by atoms with Gasteiger partial charge < -0.3 is 14.2 Å². The van der Waals surface area contributed by atoms with Gasteiger partial charge in [-0.3, -0.25) is 0 Å². The second-order valence-electron chi connectivity index (χ2n) is 9.37. The molecule has 1 aliphatic heterocycles. The fourth-order valence-corrected chi connectivity index (χ4v) is 5.47. The Morgan fingerprint density at radius 2 is 1.83 bits per heavy atom. The molecule has 0 saturated carbocycles. The Hall–Kier alpha value is -3.68. The monoisotopic (exact) mass is 524 g/mol. The average molecular weight is 525 g/mol. The van der Waals surface area contributed by atoms with Crippen LogP contribution in [-0.2, 0) is 19.8 Å². The van der Waals surface area contributed by atoms with Crippen molar-refractivity contribution in [2.75, 3.05) is 12.0 Å². The average Bonchev–Trinajstić information content (AvgIpc) is 3.44. The van der Waals surface area contributed by atoms with Gasteiger partial charge in [-0.1, -0.05) is 18.1 Å². The molecule has 0 bridgehead atoms. The molecule has 186 valence electrons. The number of esters is 1. The van der Waals surface area contributed by atoms with Crippen molar-refractivity contribution in [3.8, 4) is 22.3 Å². The van der Waals surface area contributed by atoms with Gasteiger partial charge >= 0.3 is 18.2 Å². The lowest BCUT2D eigenvalue weighted by atomic mass is 9.92. The second-order valence-corrected chi connectivity index (χ2v) is 11.1. The predicted octanol–water partition coefficient (Wildman–Crippen LogP) is 6.18. The number of rotatable bonds is 2. The molecule has 0 unspecified atom stereocenters. The highest BCUT2D eigenvalue weighted by atomic mass is 32.1. The number of thiazole rings is 1. The van der Waals surface area contributed by atoms with Crippen LogP contribution in [0.25, 0.3) is 10.4 Å². The first-order valence-electron chi connectivity index (χ1n) is 10.9. The molecule has 0 radical (unpaired) electrons. The summed E-state index contributed by atoms with van der Waals surface area (Å²) in [5, 5.41) is 1.87. The number of methoxy groups -OCH3 is 1. The number of fused-ring (bicyclic) bond motifs is 1. The standard InChI is InChI=1S/C26H24N2O6S2/c1-25(2,3)33-23(30)28-19-18(26(4,5)34-24(28)31)20(36-21(19)22(29)32-6)16-10-7-15(8-11-16)9-12-17-13-35-14-27-17/h7-8,10-11,13-14H,1-6H3. The molecule has 1 aliphatic rings. The van der Waals surface area contributed by atoms with Crippen LogP contribution in [0.3, 0.4) is 0 Å². The molecule has 4 rings (SSSR count). The fraction of sp³-hybridized carbons (Fsp3) is 0.308. The van der Waals surface area contributed by atoms with Gasteiger partial charge in [-0.15, -0.1) is 22.7 Å². The normalized spacial score (nSPS) is 14.3. The summed E-state index contributed by atoms with van der Waals surface area (Å²) in [5.74, 6) is 5.40. The summed E-state index contributed by atoms with van der Waals surface area (Å²) < 4.78 is 16.1. The lowest BCUT2D eigenvalue weighted by molar-refractivity contribution is 0.0270. The highest BCUT2D eigenvalue weighted by Gasteiger charge is 2.48. The maximum atomic E-state index is 13.1. The van der Waals surface area contributed by atoms with Crippen molar-refractivity contribution in [1.82, 2.24) is 4.98 Å². The summed E-state index contributed by atoms with van der Waals surface area (Å²) >= 11 is 2.60. The summed E-state index contributed by atoms with van der Waals surface area (Å²) in [7, 11) is 1.24. The van der Waals surface area contributed by atoms with E-state index in [1.54, 1.807) is 40.1 Å². The van der Waals surface area contributed by atoms with Gasteiger partial charge in [0.2, 0.25) is 0 Å². The van der Waals surface area contributed by atoms with Crippen molar-refractivity contribution in [1.29, 1.82) is 0 Å². The molecule has 36 heavy (non-hydrogen) atoms. The van der Waals surface area contributed by atoms with Gasteiger partial charge in [0.1, 0.15) is 21.8 Å². The molecule has 0 atom stereocenters. The Kier molecular flexibility index (Phi) is 6.64. The molecule has 0 N–H and O–H groups in total. The van der Waals surface area contributed by atoms with Gasteiger partial charge in [0, 0.05) is 21.4 Å². The quantitative estimate of drug-likeness (QED) is 0.224. The minimum atomic E-state index is -1.13. The van der Waals surface area contributed by atoms with Crippen LogP contribution in [0.2, 0.25) is 0 Å². The molecule has 3 aromatic rings. The van der Waals surface area contributed by atoms with E-state index in [1.165, 1.54) is 18.4 Å². The van der Waals surface area contributed by atoms with Gasteiger partial charge in [0.05, 0.1) is 18.3 Å². The fourth-order valence-electron chi connectivity index (χ4n) is 3.62. The van der Waals surface area contributed by atoms with Crippen LogP contribution in [0.1, 0.15) is 61.1 Å². The number of cyclic esters (lactones) is 1. The maximum Gasteiger partial charge on any atom is 0.424 e. The van der Waals surface area contributed by atoms with E-state index in [2.05, 4.69) is 16.8 Å². The lowest BCUT2D eigenvalue weighted by Gasteiger charge is -2.37. The van der Waals surface area contributed by atoms with E-state index in [1.807, 2.05) is 29.6 Å². The van der Waals surface area contributed by atoms with E-state index in [-0.39, 0.29) is 10.6 Å². The van der Waals surface area contributed by atoms with Crippen molar-refractivity contribution in [2.45, 2.75) is 45.8 Å². The van der Waals surface area contributed by atoms with Crippen LogP contribution < -0.4 is 4.90 Å². The smallest absolute Gasteiger partial charge is 0.424 e. The van der Waals surface area contributed by atoms with E-state index in [9.17, 15) is 14.4 Å². The molecular formula is C26H24N2O6S2. The highest BCUT2D eigenvalue weighted by molar-refractivity contribution is 7.18. The van der Waals surface area contributed by atoms with Gasteiger partial charge in [-0.25, -0.2) is 19.4 Å². The Labute approximate surface area is 216 Å². The number of carbonyl (C=O) groups is 3. The predicted molar refractivity (Wildman–Crippen MR) is 137 cm³/mol. The molecule has 0 aliphatic carbocycles. The molecular weight excluding hydrogens is 500 g/mol. The number of anilines is 1. The molecule has 0 fully saturated rings. The molecule has 8 nitrogen and oxygen atoms in total. The van der Waals surface area contributed by atoms with E-state index in [0.717, 1.165) is 27.4 Å². The van der Waals surface area contributed by atoms with Gasteiger partial charge in [0.25, 0.3) is 0 Å². The first-order valence-corrected chi connectivity index (χ1v) is 12.7. The largest absolute Gasteiger partial charge is 0.465 e. The van der Waals surface area contributed by atoms with Crippen molar-refractivity contribution < 1.29 is 28.6 Å². The summed E-state index contributed by atoms with van der Waals surface area (Å²) in [5.41, 5.74) is 2.60. The zero-order valence-corrected chi connectivity index (χ0v) is 22.3. The van der Waals surface area contributed by atoms with Crippen molar-refractivity contribution >= 4 is 46.5 Å². The third-order valence-electron chi connectivity index (χ3n) is 5.09. The lowest BCUT2D eigenvalue weighted by Crippen LogP contribution is -2.48. The van der Waals surface area contributed by atoms with E-state index < -0.39 is 29.4 Å². The maximum absolute atomic E-state index is 13.1. The topological polar surface area (TPSA) is 95.0 Å². The van der Waals surface area contributed by atoms with Gasteiger partial charge in [-0.05, 0) is 58.2 Å². The first kappa shape index (κ1) is 25.4. The zero-order chi connectivity index (χ0) is 26.3. The number of hydrogen-bond acceptors (Lipinski definition) is 9. The summed E-state index contributed by atoms with van der Waals surface area (Å²) in [6.45, 7) is 8.47. The Bertz CT molecular complexity index is 1390. The summed E-state index contributed by atoms with van der Waals surface area (Å²) in [4.78, 5) is 44.5. The Morgan fingerprint density at radius 1 is 1.14 bits per heavy atom. The van der Waals surface area contributed by atoms with Crippen LogP contribution in [0.5, 0.6) is 0 Å². The third kappa shape index (κ3) is 4.98. The number of carbonyl (C=O) groups excluding carboxylic acids is 3. The number of imide groups is 1. The minimum absolute atomic E-state index is 0.102. The highest BCUT2D eigenvalue weighted by Crippen LogP contribution is 2.51. The van der Waals surface area contributed by atoms with Crippen molar-refractivity contribution in [2.24, 2.45) is 0 Å². The minimum Gasteiger partial charge on any atom is -0.465 e. The molecule has 2 aromatic heterocycles. The van der Waals surface area contributed by atoms with Crippen LogP contribution in [0.4, 0.5) is 15.3 Å².